The molecule has 15 heavy (non-hydrogen) atoms. The number of hydrogen-bond acceptors (Lipinski definition) is 4. The first-order valence-electron chi connectivity index (χ1n) is 4.67. The van der Waals surface area contributed by atoms with Crippen molar-refractivity contribution >= 4 is 5.78 Å². The third-order valence-corrected chi connectivity index (χ3v) is 1.94. The van der Waals surface area contributed by atoms with Crippen LogP contribution in [0.2, 0.25) is 0 Å². The van der Waals surface area contributed by atoms with E-state index in [1.807, 2.05) is 0 Å². The Morgan fingerprint density at radius 2 is 2.20 bits per heavy atom. The first-order valence-corrected chi connectivity index (χ1v) is 4.67. The van der Waals surface area contributed by atoms with Gasteiger partial charge in [-0.15, -0.1) is 0 Å². The van der Waals surface area contributed by atoms with E-state index in [4.69, 9.17) is 9.47 Å². The summed E-state index contributed by atoms with van der Waals surface area (Å²) in [7, 11) is 1.50. The predicted molar refractivity (Wildman–Crippen MR) is 55.5 cm³/mol. The molecule has 0 saturated carbocycles. The van der Waals surface area contributed by atoms with Crippen LogP contribution in [-0.4, -0.2) is 31.2 Å². The van der Waals surface area contributed by atoms with Crippen molar-refractivity contribution in [3.05, 3.63) is 23.8 Å². The minimum atomic E-state index is -0.239. The van der Waals surface area contributed by atoms with Gasteiger partial charge in [0.05, 0.1) is 12.7 Å². The molecule has 0 bridgehead atoms. The Bertz CT molecular complexity index is 346. The molecule has 0 aliphatic heterocycles. The van der Waals surface area contributed by atoms with Crippen LogP contribution in [0.5, 0.6) is 11.5 Å². The lowest BCUT2D eigenvalue weighted by atomic mass is 10.1. The van der Waals surface area contributed by atoms with Crippen molar-refractivity contribution in [2.45, 2.75) is 6.92 Å². The second kappa shape index (κ2) is 5.36. The lowest BCUT2D eigenvalue weighted by Gasteiger charge is -2.05. The molecule has 0 spiro atoms. The van der Waals surface area contributed by atoms with E-state index in [1.165, 1.54) is 19.2 Å². The zero-order valence-electron chi connectivity index (χ0n) is 8.82. The van der Waals surface area contributed by atoms with E-state index in [1.54, 1.807) is 13.0 Å². The van der Waals surface area contributed by atoms with Gasteiger partial charge in [-0.25, -0.2) is 0 Å². The quantitative estimate of drug-likeness (QED) is 0.750. The molecule has 1 aromatic rings. The lowest BCUT2D eigenvalue weighted by Crippen LogP contribution is -2.09. The van der Waals surface area contributed by atoms with Crippen LogP contribution in [-0.2, 0) is 4.74 Å². The molecular weight excluding hydrogens is 196 g/mol. The second-order valence-corrected chi connectivity index (χ2v) is 2.94. The number of aromatic hydroxyl groups is 1. The molecule has 0 amide bonds. The highest BCUT2D eigenvalue weighted by molar-refractivity contribution is 5.99. The number of carbonyl (C=O) groups is 1. The number of carbonyl (C=O) groups excluding carboxylic acids is 1. The smallest absolute Gasteiger partial charge is 0.192 e. The Kier molecular flexibility index (Phi) is 4.12. The molecule has 0 radical (unpaired) electrons. The highest BCUT2D eigenvalue weighted by Gasteiger charge is 2.11. The molecule has 4 heteroatoms. The van der Waals surface area contributed by atoms with Crippen molar-refractivity contribution in [2.24, 2.45) is 0 Å². The van der Waals surface area contributed by atoms with Gasteiger partial charge in [0.2, 0.25) is 0 Å². The molecule has 1 rings (SSSR count). The molecule has 0 aliphatic rings. The van der Waals surface area contributed by atoms with Gasteiger partial charge in [0, 0.05) is 12.7 Å². The van der Waals surface area contributed by atoms with Crippen LogP contribution in [0.15, 0.2) is 18.2 Å². The monoisotopic (exact) mass is 210 g/mol. The zero-order valence-corrected chi connectivity index (χ0v) is 8.82. The van der Waals surface area contributed by atoms with Crippen molar-refractivity contribution in [3.8, 4) is 11.5 Å². The largest absolute Gasteiger partial charge is 0.507 e. The molecule has 4 nitrogen and oxygen atoms in total. The van der Waals surface area contributed by atoms with Crippen LogP contribution in [0.4, 0.5) is 0 Å². The molecule has 82 valence electrons. The summed E-state index contributed by atoms with van der Waals surface area (Å²) in [5.74, 6) is 0.191. The van der Waals surface area contributed by atoms with E-state index in [9.17, 15) is 9.90 Å². The van der Waals surface area contributed by atoms with Crippen LogP contribution in [0, 0.1) is 0 Å². The highest BCUT2D eigenvalue weighted by Crippen LogP contribution is 2.23. The summed E-state index contributed by atoms with van der Waals surface area (Å²) in [5.41, 5.74) is 0.254. The Balaban J connectivity index is 2.81. The Morgan fingerprint density at radius 1 is 1.47 bits per heavy atom. The van der Waals surface area contributed by atoms with E-state index < -0.39 is 0 Å². The first kappa shape index (κ1) is 11.5. The summed E-state index contributed by atoms with van der Waals surface area (Å²) in [6.45, 7) is 2.26. The fourth-order valence-corrected chi connectivity index (χ4v) is 1.15. The number of ketones is 1. The summed E-state index contributed by atoms with van der Waals surface area (Å²) in [5, 5.41) is 9.54. The minimum absolute atomic E-state index is 0.0175. The third-order valence-electron chi connectivity index (χ3n) is 1.94. The summed E-state index contributed by atoms with van der Waals surface area (Å²) in [6, 6.07) is 4.55. The Morgan fingerprint density at radius 3 is 2.73 bits per heavy atom. The maximum Gasteiger partial charge on any atom is 0.192 e. The molecular formula is C11H14O4. The molecule has 1 N–H and O–H groups in total. The van der Waals surface area contributed by atoms with E-state index in [2.05, 4.69) is 0 Å². The van der Waals surface area contributed by atoms with Crippen molar-refractivity contribution in [1.82, 2.24) is 0 Å². The summed E-state index contributed by atoms with van der Waals surface area (Å²) < 4.78 is 9.88. The summed E-state index contributed by atoms with van der Waals surface area (Å²) >= 11 is 0. The number of phenols is 1. The van der Waals surface area contributed by atoms with E-state index in [0.29, 0.717) is 12.4 Å². The number of rotatable bonds is 5. The third kappa shape index (κ3) is 2.95. The number of methoxy groups -OCH3 is 1. The summed E-state index contributed by atoms with van der Waals surface area (Å²) in [4.78, 5) is 11.5. The SMILES string of the molecule is CCOCC(=O)c1ccc(OC)cc1O. The standard InChI is InChI=1S/C11H14O4/c1-3-15-7-11(13)9-5-4-8(14-2)6-10(9)12/h4-6,12H,3,7H2,1-2H3. The fraction of sp³-hybridized carbons (Fsp3) is 0.364. The summed E-state index contributed by atoms with van der Waals surface area (Å²) in [6.07, 6.45) is 0. The van der Waals surface area contributed by atoms with Gasteiger partial charge >= 0.3 is 0 Å². The number of hydrogen-bond donors (Lipinski definition) is 1. The molecule has 0 aliphatic carbocycles. The fourth-order valence-electron chi connectivity index (χ4n) is 1.15. The van der Waals surface area contributed by atoms with Gasteiger partial charge in [-0.2, -0.15) is 0 Å². The van der Waals surface area contributed by atoms with E-state index >= 15 is 0 Å². The minimum Gasteiger partial charge on any atom is -0.507 e. The van der Waals surface area contributed by atoms with Crippen LogP contribution in [0.1, 0.15) is 17.3 Å². The zero-order chi connectivity index (χ0) is 11.3. The highest BCUT2D eigenvalue weighted by atomic mass is 16.5. The number of benzene rings is 1. The average Bonchev–Trinajstić information content (AvgIpc) is 2.25. The molecule has 0 heterocycles. The van der Waals surface area contributed by atoms with Gasteiger partial charge in [0.25, 0.3) is 0 Å². The Hall–Kier alpha value is -1.55. The van der Waals surface area contributed by atoms with Gasteiger partial charge in [-0.05, 0) is 19.1 Å². The normalized spacial score (nSPS) is 10.0. The number of phenolic OH excluding ortho intramolecular Hbond substituents is 1. The maximum absolute atomic E-state index is 11.5. The van der Waals surface area contributed by atoms with Gasteiger partial charge in [-0.3, -0.25) is 4.79 Å². The molecule has 0 saturated heterocycles. The van der Waals surface area contributed by atoms with Gasteiger partial charge in [-0.1, -0.05) is 0 Å². The molecule has 0 unspecified atom stereocenters. The topological polar surface area (TPSA) is 55.8 Å². The van der Waals surface area contributed by atoms with Crippen molar-refractivity contribution in [2.75, 3.05) is 20.3 Å². The van der Waals surface area contributed by atoms with Gasteiger partial charge < -0.3 is 14.6 Å². The van der Waals surface area contributed by atoms with E-state index in [-0.39, 0.29) is 23.7 Å². The molecule has 0 aromatic heterocycles. The predicted octanol–water partition coefficient (Wildman–Crippen LogP) is 1.62. The van der Waals surface area contributed by atoms with Crippen LogP contribution in [0.3, 0.4) is 0 Å². The van der Waals surface area contributed by atoms with Crippen molar-refractivity contribution in [1.29, 1.82) is 0 Å². The van der Waals surface area contributed by atoms with Gasteiger partial charge in [0.15, 0.2) is 5.78 Å². The second-order valence-electron chi connectivity index (χ2n) is 2.94. The van der Waals surface area contributed by atoms with Gasteiger partial charge in [0.1, 0.15) is 18.1 Å². The van der Waals surface area contributed by atoms with E-state index in [0.717, 1.165) is 0 Å². The number of Topliss-reactive ketones (excluding diaryl/α,β-unsaturated/α-hetero) is 1. The Labute approximate surface area is 88.4 Å². The molecule has 0 fully saturated rings. The molecule has 0 atom stereocenters. The van der Waals surface area contributed by atoms with Crippen molar-refractivity contribution < 1.29 is 19.4 Å². The average molecular weight is 210 g/mol. The molecule has 1 aromatic carbocycles. The van der Waals surface area contributed by atoms with Crippen molar-refractivity contribution in [3.63, 3.8) is 0 Å². The maximum atomic E-state index is 11.5. The van der Waals surface area contributed by atoms with Crippen LogP contribution in [0.25, 0.3) is 0 Å². The number of ether oxygens (including phenoxy) is 2. The lowest BCUT2D eigenvalue weighted by molar-refractivity contribution is 0.0780. The van der Waals surface area contributed by atoms with Crippen LogP contribution >= 0.6 is 0 Å². The first-order chi connectivity index (χ1) is 7.19. The van der Waals surface area contributed by atoms with Crippen LogP contribution < -0.4 is 4.74 Å².